The number of primary amides is 1. The van der Waals surface area contributed by atoms with Crippen molar-refractivity contribution >= 4 is 11.9 Å². The fourth-order valence-electron chi connectivity index (χ4n) is 1.21. The predicted octanol–water partition coefficient (Wildman–Crippen LogP) is 0.734. The molecule has 98 valence electrons. The number of ether oxygens (including phenoxy) is 3. The molecule has 0 aliphatic rings. The Hall–Kier alpha value is -2.24. The van der Waals surface area contributed by atoms with Crippen LogP contribution in [0.25, 0.3) is 0 Å². The molecule has 0 unspecified atom stereocenters. The van der Waals surface area contributed by atoms with Gasteiger partial charge < -0.3 is 19.9 Å². The van der Waals surface area contributed by atoms with Crippen molar-refractivity contribution in [2.45, 2.75) is 13.0 Å². The number of nitrogens with two attached hydrogens (primary N) is 1. The van der Waals surface area contributed by atoms with E-state index in [1.54, 1.807) is 6.07 Å². The zero-order chi connectivity index (χ0) is 13.7. The molecule has 0 saturated heterocycles. The summed E-state index contributed by atoms with van der Waals surface area (Å²) in [4.78, 5) is 22.6. The van der Waals surface area contributed by atoms with E-state index < -0.39 is 18.0 Å². The predicted molar refractivity (Wildman–Crippen MR) is 63.6 cm³/mol. The van der Waals surface area contributed by atoms with Crippen molar-refractivity contribution in [1.82, 2.24) is 0 Å². The molecule has 1 aromatic carbocycles. The molecule has 0 bridgehead atoms. The molecule has 0 fully saturated rings. The standard InChI is InChI=1S/C12H15NO5/c1-7(11(13)14)18-12(15)8-4-9(16-2)6-10(5-8)17-3/h4-7H,1-3H3,(H2,13,14)/t7-/m0/s1. The topological polar surface area (TPSA) is 87.8 Å². The first kappa shape index (κ1) is 13.8. The number of methoxy groups -OCH3 is 2. The average molecular weight is 253 g/mol. The molecule has 0 radical (unpaired) electrons. The number of rotatable bonds is 5. The molecule has 6 heteroatoms. The maximum Gasteiger partial charge on any atom is 0.339 e. The summed E-state index contributed by atoms with van der Waals surface area (Å²) in [6, 6.07) is 4.59. The lowest BCUT2D eigenvalue weighted by atomic mass is 10.2. The van der Waals surface area contributed by atoms with Crippen LogP contribution in [0.1, 0.15) is 17.3 Å². The smallest absolute Gasteiger partial charge is 0.339 e. The van der Waals surface area contributed by atoms with Gasteiger partial charge in [0.2, 0.25) is 0 Å². The van der Waals surface area contributed by atoms with Gasteiger partial charge in [-0.2, -0.15) is 0 Å². The Kier molecular flexibility index (Phi) is 4.53. The summed E-state index contributed by atoms with van der Waals surface area (Å²) in [6.45, 7) is 1.40. The summed E-state index contributed by atoms with van der Waals surface area (Å²) in [5.41, 5.74) is 5.23. The Labute approximate surface area is 105 Å². The SMILES string of the molecule is COc1cc(OC)cc(C(=O)O[C@@H](C)C(N)=O)c1. The summed E-state index contributed by atoms with van der Waals surface area (Å²) in [7, 11) is 2.94. The molecule has 0 heterocycles. The molecule has 2 N–H and O–H groups in total. The van der Waals surface area contributed by atoms with E-state index in [0.29, 0.717) is 11.5 Å². The minimum atomic E-state index is -0.991. The molecule has 0 aromatic heterocycles. The van der Waals surface area contributed by atoms with Crippen LogP contribution in [0.15, 0.2) is 18.2 Å². The van der Waals surface area contributed by atoms with Crippen molar-refractivity contribution < 1.29 is 23.8 Å². The van der Waals surface area contributed by atoms with Gasteiger partial charge in [-0.05, 0) is 19.1 Å². The number of hydrogen-bond acceptors (Lipinski definition) is 5. The minimum absolute atomic E-state index is 0.222. The second-order valence-corrected chi connectivity index (χ2v) is 3.55. The van der Waals surface area contributed by atoms with Gasteiger partial charge in [-0.15, -0.1) is 0 Å². The van der Waals surface area contributed by atoms with E-state index in [4.69, 9.17) is 19.9 Å². The Balaban J connectivity index is 2.94. The molecule has 0 saturated carbocycles. The quantitative estimate of drug-likeness (QED) is 0.782. The normalized spacial score (nSPS) is 11.5. The largest absolute Gasteiger partial charge is 0.497 e. The Morgan fingerprint density at radius 3 is 2.00 bits per heavy atom. The molecule has 1 aromatic rings. The third-order valence-electron chi connectivity index (χ3n) is 2.27. The van der Waals surface area contributed by atoms with E-state index in [0.717, 1.165) is 0 Å². The highest BCUT2D eigenvalue weighted by molar-refractivity contribution is 5.92. The third-order valence-corrected chi connectivity index (χ3v) is 2.27. The molecule has 18 heavy (non-hydrogen) atoms. The molecule has 0 aliphatic carbocycles. The van der Waals surface area contributed by atoms with Gasteiger partial charge in [-0.25, -0.2) is 4.79 Å². The average Bonchev–Trinajstić information content (AvgIpc) is 2.37. The molecule has 1 atom stereocenters. The van der Waals surface area contributed by atoms with Crippen molar-refractivity contribution in [3.05, 3.63) is 23.8 Å². The lowest BCUT2D eigenvalue weighted by molar-refractivity contribution is -0.125. The number of amides is 1. The summed E-state index contributed by atoms with van der Waals surface area (Å²) in [5.74, 6) is -0.474. The van der Waals surface area contributed by atoms with Gasteiger partial charge in [0.25, 0.3) is 5.91 Å². The second-order valence-electron chi connectivity index (χ2n) is 3.55. The maximum absolute atomic E-state index is 11.8. The van der Waals surface area contributed by atoms with Crippen LogP contribution in [-0.2, 0) is 9.53 Å². The third kappa shape index (κ3) is 3.38. The first-order valence-electron chi connectivity index (χ1n) is 5.21. The first-order valence-corrected chi connectivity index (χ1v) is 5.21. The van der Waals surface area contributed by atoms with E-state index in [9.17, 15) is 9.59 Å². The van der Waals surface area contributed by atoms with Crippen molar-refractivity contribution in [2.24, 2.45) is 5.73 Å². The fraction of sp³-hybridized carbons (Fsp3) is 0.333. The highest BCUT2D eigenvalue weighted by atomic mass is 16.5. The number of benzene rings is 1. The van der Waals surface area contributed by atoms with Crippen LogP contribution in [0, 0.1) is 0 Å². The Morgan fingerprint density at radius 1 is 1.11 bits per heavy atom. The van der Waals surface area contributed by atoms with Gasteiger partial charge in [0.1, 0.15) is 11.5 Å². The fourth-order valence-corrected chi connectivity index (χ4v) is 1.21. The Bertz CT molecular complexity index is 436. The zero-order valence-corrected chi connectivity index (χ0v) is 10.4. The van der Waals surface area contributed by atoms with Crippen LogP contribution >= 0.6 is 0 Å². The molecule has 1 amide bonds. The van der Waals surface area contributed by atoms with E-state index in [1.165, 1.54) is 33.3 Å². The molecule has 1 rings (SSSR count). The monoisotopic (exact) mass is 253 g/mol. The number of carbonyl (C=O) groups excluding carboxylic acids is 2. The molecule has 0 spiro atoms. The Morgan fingerprint density at radius 2 is 1.61 bits per heavy atom. The van der Waals surface area contributed by atoms with Gasteiger partial charge in [0.15, 0.2) is 6.10 Å². The van der Waals surface area contributed by atoms with Crippen molar-refractivity contribution in [3.63, 3.8) is 0 Å². The lowest BCUT2D eigenvalue weighted by Gasteiger charge is -2.11. The lowest BCUT2D eigenvalue weighted by Crippen LogP contribution is -2.30. The van der Waals surface area contributed by atoms with E-state index in [1.807, 2.05) is 0 Å². The molecule has 6 nitrogen and oxygen atoms in total. The minimum Gasteiger partial charge on any atom is -0.497 e. The van der Waals surface area contributed by atoms with Crippen LogP contribution in [0.3, 0.4) is 0 Å². The van der Waals surface area contributed by atoms with E-state index in [2.05, 4.69) is 0 Å². The number of hydrogen-bond donors (Lipinski definition) is 1. The molecular weight excluding hydrogens is 238 g/mol. The first-order chi connectivity index (χ1) is 8.47. The number of carbonyl (C=O) groups is 2. The van der Waals surface area contributed by atoms with Crippen molar-refractivity contribution in [3.8, 4) is 11.5 Å². The maximum atomic E-state index is 11.8. The second kappa shape index (κ2) is 5.90. The van der Waals surface area contributed by atoms with Crippen LogP contribution < -0.4 is 15.2 Å². The van der Waals surface area contributed by atoms with Crippen LogP contribution in [0.4, 0.5) is 0 Å². The molecular formula is C12H15NO5. The highest BCUT2D eigenvalue weighted by Crippen LogP contribution is 2.23. The molecule has 0 aliphatic heterocycles. The van der Waals surface area contributed by atoms with Gasteiger partial charge in [0, 0.05) is 6.07 Å². The van der Waals surface area contributed by atoms with Crippen LogP contribution in [0.5, 0.6) is 11.5 Å². The van der Waals surface area contributed by atoms with Crippen LogP contribution in [-0.4, -0.2) is 32.2 Å². The summed E-state index contributed by atoms with van der Waals surface area (Å²) in [6.07, 6.45) is -0.991. The van der Waals surface area contributed by atoms with Crippen LogP contribution in [0.2, 0.25) is 0 Å². The van der Waals surface area contributed by atoms with Gasteiger partial charge >= 0.3 is 5.97 Å². The van der Waals surface area contributed by atoms with Gasteiger partial charge in [-0.3, -0.25) is 4.79 Å². The van der Waals surface area contributed by atoms with Gasteiger partial charge in [-0.1, -0.05) is 0 Å². The van der Waals surface area contributed by atoms with Crippen molar-refractivity contribution in [2.75, 3.05) is 14.2 Å². The zero-order valence-electron chi connectivity index (χ0n) is 10.4. The van der Waals surface area contributed by atoms with Crippen molar-refractivity contribution in [1.29, 1.82) is 0 Å². The van der Waals surface area contributed by atoms with E-state index >= 15 is 0 Å². The summed E-state index contributed by atoms with van der Waals surface area (Å²) in [5, 5.41) is 0. The van der Waals surface area contributed by atoms with E-state index in [-0.39, 0.29) is 5.56 Å². The van der Waals surface area contributed by atoms with Gasteiger partial charge in [0.05, 0.1) is 19.8 Å². The number of esters is 1. The highest BCUT2D eigenvalue weighted by Gasteiger charge is 2.17. The summed E-state index contributed by atoms with van der Waals surface area (Å²) >= 11 is 0. The summed E-state index contributed by atoms with van der Waals surface area (Å²) < 4.78 is 14.9.